The highest BCUT2D eigenvalue weighted by Gasteiger charge is 2.28. The van der Waals surface area contributed by atoms with Crippen molar-refractivity contribution in [2.75, 3.05) is 19.0 Å². The molecule has 0 fully saturated rings. The number of hydrogen-bond acceptors (Lipinski definition) is 8. The predicted octanol–water partition coefficient (Wildman–Crippen LogP) is 4.92. The molecule has 0 atom stereocenters. The van der Waals surface area contributed by atoms with E-state index in [1.165, 1.54) is 20.1 Å². The summed E-state index contributed by atoms with van der Waals surface area (Å²) in [6, 6.07) is 9.88. The van der Waals surface area contributed by atoms with Crippen LogP contribution in [0.25, 0.3) is 16.9 Å². The number of rotatable bonds is 7. The van der Waals surface area contributed by atoms with Gasteiger partial charge in [0.15, 0.2) is 5.65 Å². The minimum atomic E-state index is -2.88. The Labute approximate surface area is 207 Å². The number of amides is 1. The smallest absolute Gasteiger partial charge is 0.348 e. The molecule has 12 heteroatoms. The number of thiophene rings is 1. The summed E-state index contributed by atoms with van der Waals surface area (Å²) in [7, 11) is 1.17. The number of aromatic nitrogens is 3. The van der Waals surface area contributed by atoms with Crippen LogP contribution in [0.15, 0.2) is 42.6 Å². The molecule has 0 unspecified atom stereocenters. The average molecular weight is 515 g/mol. The van der Waals surface area contributed by atoms with E-state index in [9.17, 15) is 23.2 Å². The Morgan fingerprint density at radius 2 is 1.89 bits per heavy atom. The Balaban J connectivity index is 1.79. The van der Waals surface area contributed by atoms with E-state index in [-0.39, 0.29) is 44.5 Å². The fourth-order valence-corrected chi connectivity index (χ4v) is 4.65. The van der Waals surface area contributed by atoms with E-state index in [2.05, 4.69) is 15.4 Å². The fraction of sp³-hybridized carbons (Fsp3) is 0.208. The lowest BCUT2D eigenvalue weighted by Crippen LogP contribution is -2.15. The first-order chi connectivity index (χ1) is 17.3. The van der Waals surface area contributed by atoms with Crippen LogP contribution in [0.1, 0.15) is 55.0 Å². The van der Waals surface area contributed by atoms with Crippen molar-refractivity contribution in [2.45, 2.75) is 20.3 Å². The van der Waals surface area contributed by atoms with Crippen molar-refractivity contribution in [2.24, 2.45) is 0 Å². The molecular formula is C24H20F2N4O5S. The number of esters is 2. The summed E-state index contributed by atoms with van der Waals surface area (Å²) in [6.45, 7) is 3.29. The summed E-state index contributed by atoms with van der Waals surface area (Å²) in [5, 5.41) is 6.56. The van der Waals surface area contributed by atoms with E-state index < -0.39 is 30.0 Å². The van der Waals surface area contributed by atoms with E-state index in [1.807, 2.05) is 0 Å². The first-order valence-electron chi connectivity index (χ1n) is 10.7. The third kappa shape index (κ3) is 4.54. The van der Waals surface area contributed by atoms with Gasteiger partial charge >= 0.3 is 11.9 Å². The van der Waals surface area contributed by atoms with Crippen LogP contribution in [0.5, 0.6) is 0 Å². The number of benzene rings is 1. The summed E-state index contributed by atoms with van der Waals surface area (Å²) >= 11 is 0.842. The molecule has 0 saturated heterocycles. The highest BCUT2D eigenvalue weighted by Crippen LogP contribution is 2.35. The van der Waals surface area contributed by atoms with Crippen molar-refractivity contribution < 1.29 is 32.6 Å². The van der Waals surface area contributed by atoms with Crippen LogP contribution < -0.4 is 5.32 Å². The lowest BCUT2D eigenvalue weighted by atomic mass is 10.1. The molecule has 0 aliphatic carbocycles. The topological polar surface area (TPSA) is 112 Å². The second-order valence-corrected chi connectivity index (χ2v) is 8.47. The number of nitrogens with one attached hydrogen (secondary N) is 1. The highest BCUT2D eigenvalue weighted by molar-refractivity contribution is 7.18. The molecule has 0 bridgehead atoms. The fourth-order valence-electron chi connectivity index (χ4n) is 3.57. The maximum atomic E-state index is 13.8. The van der Waals surface area contributed by atoms with Crippen molar-refractivity contribution in [3.63, 3.8) is 0 Å². The van der Waals surface area contributed by atoms with Gasteiger partial charge in [-0.3, -0.25) is 4.79 Å². The molecule has 186 valence electrons. The number of carbonyl (C=O) groups is 3. The van der Waals surface area contributed by atoms with Crippen molar-refractivity contribution in [3.05, 3.63) is 69.9 Å². The van der Waals surface area contributed by atoms with E-state index in [0.717, 1.165) is 22.0 Å². The summed E-state index contributed by atoms with van der Waals surface area (Å²) in [6.07, 6.45) is -1.77. The normalized spacial score (nSPS) is 11.1. The third-order valence-electron chi connectivity index (χ3n) is 5.26. The lowest BCUT2D eigenvalue weighted by molar-refractivity contribution is 0.0531. The van der Waals surface area contributed by atoms with Gasteiger partial charge in [0.25, 0.3) is 12.3 Å². The second kappa shape index (κ2) is 10.2. The number of ether oxygens (including phenoxy) is 2. The number of carbonyl (C=O) groups excluding carboxylic acids is 3. The van der Waals surface area contributed by atoms with Crippen LogP contribution in [0, 0.1) is 6.92 Å². The quantitative estimate of drug-likeness (QED) is 0.349. The monoisotopic (exact) mass is 514 g/mol. The van der Waals surface area contributed by atoms with Gasteiger partial charge in [0, 0.05) is 5.56 Å². The molecule has 1 N–H and O–H groups in total. The number of alkyl halides is 2. The number of methoxy groups -OCH3 is 1. The molecule has 0 saturated carbocycles. The molecule has 1 amide bonds. The zero-order valence-electron chi connectivity index (χ0n) is 19.4. The van der Waals surface area contributed by atoms with Gasteiger partial charge in [0.1, 0.15) is 21.1 Å². The van der Waals surface area contributed by atoms with Crippen LogP contribution in [-0.2, 0) is 9.47 Å². The molecule has 4 aromatic rings. The van der Waals surface area contributed by atoms with E-state index in [0.29, 0.717) is 5.56 Å². The minimum Gasteiger partial charge on any atom is -0.465 e. The number of hydrogen-bond donors (Lipinski definition) is 1. The Morgan fingerprint density at radius 3 is 2.53 bits per heavy atom. The molecule has 36 heavy (non-hydrogen) atoms. The van der Waals surface area contributed by atoms with Gasteiger partial charge < -0.3 is 14.8 Å². The van der Waals surface area contributed by atoms with Crippen molar-refractivity contribution in [3.8, 4) is 11.3 Å². The predicted molar refractivity (Wildman–Crippen MR) is 128 cm³/mol. The molecule has 0 spiro atoms. The van der Waals surface area contributed by atoms with Gasteiger partial charge in [0.2, 0.25) is 0 Å². The molecule has 3 aromatic heterocycles. The number of anilines is 1. The zero-order valence-corrected chi connectivity index (χ0v) is 20.2. The third-order valence-corrected chi connectivity index (χ3v) is 6.45. The molecular weight excluding hydrogens is 494 g/mol. The SMILES string of the molecule is CCOC(=O)c1sc(NC(=O)c2cnn3c(C(F)F)cc(-c4ccccc4)nc23)c(C(=O)OC)c1C. The van der Waals surface area contributed by atoms with Crippen molar-refractivity contribution in [1.29, 1.82) is 0 Å². The van der Waals surface area contributed by atoms with Gasteiger partial charge in [-0.05, 0) is 25.5 Å². The largest absolute Gasteiger partial charge is 0.465 e. The molecule has 4 rings (SSSR count). The first-order valence-corrected chi connectivity index (χ1v) is 11.5. The maximum Gasteiger partial charge on any atom is 0.348 e. The number of nitrogens with zero attached hydrogens (tertiary/aromatic N) is 3. The van der Waals surface area contributed by atoms with Crippen LogP contribution in [-0.4, -0.2) is 46.2 Å². The van der Waals surface area contributed by atoms with E-state index in [1.54, 1.807) is 37.3 Å². The van der Waals surface area contributed by atoms with Crippen molar-refractivity contribution in [1.82, 2.24) is 14.6 Å². The van der Waals surface area contributed by atoms with Gasteiger partial charge in [0.05, 0.1) is 31.2 Å². The van der Waals surface area contributed by atoms with E-state index >= 15 is 0 Å². The molecule has 0 aliphatic heterocycles. The average Bonchev–Trinajstić information content (AvgIpc) is 3.44. The van der Waals surface area contributed by atoms with Crippen molar-refractivity contribution >= 4 is 39.8 Å². The Kier molecular flexibility index (Phi) is 7.06. The first kappa shape index (κ1) is 24.9. The Morgan fingerprint density at radius 1 is 1.17 bits per heavy atom. The number of halogens is 2. The summed E-state index contributed by atoms with van der Waals surface area (Å²) in [4.78, 5) is 42.5. The zero-order chi connectivity index (χ0) is 26.0. The summed E-state index contributed by atoms with van der Waals surface area (Å²) in [5.41, 5.74) is 0.447. The maximum absolute atomic E-state index is 13.8. The van der Waals surface area contributed by atoms with Crippen LogP contribution in [0.4, 0.5) is 13.8 Å². The molecule has 9 nitrogen and oxygen atoms in total. The second-order valence-electron chi connectivity index (χ2n) is 7.45. The molecule has 0 aliphatic rings. The van der Waals surface area contributed by atoms with Crippen LogP contribution in [0.2, 0.25) is 0 Å². The highest BCUT2D eigenvalue weighted by atomic mass is 32.1. The summed E-state index contributed by atoms with van der Waals surface area (Å²) < 4.78 is 38.4. The molecule has 1 aromatic carbocycles. The van der Waals surface area contributed by atoms with Gasteiger partial charge in [-0.15, -0.1) is 11.3 Å². The standard InChI is InChI=1S/C24H20F2N4O5S/c1-4-35-24(33)18-12(2)17(23(32)34-3)22(36-18)29-21(31)14-11-27-30-16(19(25)26)10-15(28-20(14)30)13-8-6-5-7-9-13/h5-11,19H,4H2,1-3H3,(H,29,31). The van der Waals surface area contributed by atoms with E-state index in [4.69, 9.17) is 9.47 Å². The Bertz CT molecular complexity index is 1470. The van der Waals surface area contributed by atoms with Gasteiger partial charge in [-0.2, -0.15) is 5.10 Å². The van der Waals surface area contributed by atoms with Crippen LogP contribution in [0.3, 0.4) is 0 Å². The molecule has 0 radical (unpaired) electrons. The minimum absolute atomic E-state index is 0.0124. The van der Waals surface area contributed by atoms with Crippen LogP contribution >= 0.6 is 11.3 Å². The van der Waals surface area contributed by atoms with Gasteiger partial charge in [-0.1, -0.05) is 30.3 Å². The lowest BCUT2D eigenvalue weighted by Gasteiger charge is -2.09. The summed E-state index contributed by atoms with van der Waals surface area (Å²) in [5.74, 6) is -2.18. The van der Waals surface area contributed by atoms with Gasteiger partial charge in [-0.25, -0.2) is 27.9 Å². The molecule has 3 heterocycles. The number of fused-ring (bicyclic) bond motifs is 1. The Hall–Kier alpha value is -4.19.